The van der Waals surface area contributed by atoms with Crippen LogP contribution in [0.25, 0.3) is 0 Å². The SMILES string of the molecule is COC1CCC(NC(=O)CCl)CC1NC1NCC(C)C(NC2CCCCC2P(C)(C)=O)N1. The quantitative estimate of drug-likeness (QED) is 0.261. The summed E-state index contributed by atoms with van der Waals surface area (Å²) in [6.07, 6.45) is 7.27. The fourth-order valence-electron chi connectivity index (χ4n) is 5.64. The zero-order valence-electron chi connectivity index (χ0n) is 20.0. The molecule has 8 unspecified atom stereocenters. The lowest BCUT2D eigenvalue weighted by Gasteiger charge is -2.45. The third kappa shape index (κ3) is 7.14. The van der Waals surface area contributed by atoms with Crippen molar-refractivity contribution in [2.45, 2.75) is 94.2 Å². The average molecular weight is 492 g/mol. The van der Waals surface area contributed by atoms with Gasteiger partial charge in [0.2, 0.25) is 5.91 Å². The van der Waals surface area contributed by atoms with E-state index in [2.05, 4.69) is 33.5 Å². The Balaban J connectivity index is 1.59. The van der Waals surface area contributed by atoms with Crippen molar-refractivity contribution in [3.8, 4) is 0 Å². The molecule has 1 aliphatic heterocycles. The third-order valence-electron chi connectivity index (χ3n) is 7.44. The largest absolute Gasteiger partial charge is 0.380 e. The zero-order valence-corrected chi connectivity index (χ0v) is 21.7. The Labute approximate surface area is 198 Å². The second-order valence-electron chi connectivity index (χ2n) is 10.3. The number of methoxy groups -OCH3 is 1. The monoisotopic (exact) mass is 491 g/mol. The molecule has 0 aromatic rings. The van der Waals surface area contributed by atoms with Crippen molar-refractivity contribution in [3.63, 3.8) is 0 Å². The first-order chi connectivity index (χ1) is 15.2. The second kappa shape index (κ2) is 12.0. The highest BCUT2D eigenvalue weighted by Gasteiger charge is 2.38. The van der Waals surface area contributed by atoms with E-state index in [0.29, 0.717) is 12.0 Å². The Morgan fingerprint density at radius 3 is 2.56 bits per heavy atom. The molecular formula is C22H43ClN5O3P. The maximum atomic E-state index is 12.9. The third-order valence-corrected chi connectivity index (χ3v) is 9.90. The number of carbonyl (C=O) groups excluding carboxylic acids is 1. The van der Waals surface area contributed by atoms with Crippen LogP contribution in [0.5, 0.6) is 0 Å². The van der Waals surface area contributed by atoms with Crippen LogP contribution in [0.3, 0.4) is 0 Å². The van der Waals surface area contributed by atoms with Crippen molar-refractivity contribution in [2.75, 3.05) is 32.9 Å². The number of nitrogens with one attached hydrogen (secondary N) is 5. The van der Waals surface area contributed by atoms with Crippen molar-refractivity contribution in [1.82, 2.24) is 26.6 Å². The molecule has 8 nitrogen and oxygen atoms in total. The maximum Gasteiger partial charge on any atom is 0.235 e. The Bertz CT molecular complexity index is 665. The molecule has 0 radical (unpaired) electrons. The summed E-state index contributed by atoms with van der Waals surface area (Å²) in [5, 5.41) is 17.8. The molecule has 1 saturated heterocycles. The molecule has 32 heavy (non-hydrogen) atoms. The van der Waals surface area contributed by atoms with E-state index in [4.69, 9.17) is 16.3 Å². The molecular weight excluding hydrogens is 449 g/mol. The van der Waals surface area contributed by atoms with Crippen LogP contribution in [0.4, 0.5) is 0 Å². The summed E-state index contributed by atoms with van der Waals surface area (Å²) in [7, 11) is -0.392. The summed E-state index contributed by atoms with van der Waals surface area (Å²) >= 11 is 5.67. The van der Waals surface area contributed by atoms with Crippen molar-refractivity contribution < 1.29 is 14.1 Å². The van der Waals surface area contributed by atoms with Gasteiger partial charge in [0.1, 0.15) is 12.2 Å². The first-order valence-electron chi connectivity index (χ1n) is 12.2. The topological polar surface area (TPSA) is 104 Å². The van der Waals surface area contributed by atoms with Gasteiger partial charge in [0.05, 0.1) is 19.4 Å². The van der Waals surface area contributed by atoms with E-state index in [9.17, 15) is 9.36 Å². The standard InChI is InChI=1S/C22H43ClN5O3P/c1-14-13-24-22(27-17-11-15(25-20(29)12-23)9-10-18(17)31-2)28-21(14)26-16-7-5-6-8-19(16)32(3,4)30/h14-19,21-22,24,26-28H,5-13H2,1-4H3,(H,25,29). The minimum atomic E-state index is -2.14. The van der Waals surface area contributed by atoms with Gasteiger partial charge in [-0.15, -0.1) is 11.6 Å². The Hall–Kier alpha value is -0.210. The molecule has 0 spiro atoms. The van der Waals surface area contributed by atoms with Gasteiger partial charge in [0.25, 0.3) is 0 Å². The minimum Gasteiger partial charge on any atom is -0.380 e. The first-order valence-corrected chi connectivity index (χ1v) is 15.4. The highest BCUT2D eigenvalue weighted by Crippen LogP contribution is 2.49. The zero-order chi connectivity index (χ0) is 23.3. The number of hydrogen-bond acceptors (Lipinski definition) is 7. The van der Waals surface area contributed by atoms with Gasteiger partial charge in [-0.25, -0.2) is 0 Å². The first kappa shape index (κ1) is 26.4. The van der Waals surface area contributed by atoms with Gasteiger partial charge in [-0.05, 0) is 51.4 Å². The highest BCUT2D eigenvalue weighted by atomic mass is 35.5. The number of hydrogen-bond donors (Lipinski definition) is 5. The fraction of sp³-hybridized carbons (Fsp3) is 0.955. The lowest BCUT2D eigenvalue weighted by Crippen LogP contribution is -2.71. The Morgan fingerprint density at radius 1 is 1.12 bits per heavy atom. The molecule has 3 aliphatic rings. The highest BCUT2D eigenvalue weighted by molar-refractivity contribution is 7.63. The van der Waals surface area contributed by atoms with Crippen LogP contribution in [0.2, 0.25) is 0 Å². The van der Waals surface area contributed by atoms with Crippen molar-refractivity contribution in [2.24, 2.45) is 5.92 Å². The van der Waals surface area contributed by atoms with Gasteiger partial charge in [-0.1, -0.05) is 19.8 Å². The molecule has 3 rings (SSSR count). The van der Waals surface area contributed by atoms with E-state index < -0.39 is 7.14 Å². The predicted octanol–water partition coefficient (Wildman–Crippen LogP) is 1.83. The summed E-state index contributed by atoms with van der Waals surface area (Å²) in [5.41, 5.74) is 0.258. The molecule has 0 aromatic heterocycles. The number of rotatable bonds is 8. The van der Waals surface area contributed by atoms with Gasteiger partial charge >= 0.3 is 0 Å². The van der Waals surface area contributed by atoms with Crippen molar-refractivity contribution in [3.05, 3.63) is 0 Å². The Morgan fingerprint density at radius 2 is 1.88 bits per heavy atom. The molecule has 10 heteroatoms. The molecule has 5 N–H and O–H groups in total. The molecule has 186 valence electrons. The van der Waals surface area contributed by atoms with Crippen LogP contribution in [0.15, 0.2) is 0 Å². The molecule has 0 aromatic carbocycles. The fourth-order valence-corrected chi connectivity index (χ4v) is 7.62. The van der Waals surface area contributed by atoms with Crippen LogP contribution in [-0.4, -0.2) is 81.1 Å². The lowest BCUT2D eigenvalue weighted by atomic mass is 9.88. The van der Waals surface area contributed by atoms with Gasteiger partial charge in [0, 0.05) is 37.4 Å². The van der Waals surface area contributed by atoms with E-state index in [0.717, 1.165) is 38.6 Å². The lowest BCUT2D eigenvalue weighted by molar-refractivity contribution is -0.119. The molecule has 3 fully saturated rings. The summed E-state index contributed by atoms with van der Waals surface area (Å²) in [6.45, 7) is 7.00. The molecule has 1 heterocycles. The molecule has 2 saturated carbocycles. The molecule has 8 atom stereocenters. The smallest absolute Gasteiger partial charge is 0.235 e. The number of ether oxygens (including phenoxy) is 1. The average Bonchev–Trinajstić information content (AvgIpc) is 2.76. The van der Waals surface area contributed by atoms with Crippen molar-refractivity contribution >= 4 is 24.7 Å². The normalized spacial score (nSPS) is 38.9. The number of alkyl halides is 1. The van der Waals surface area contributed by atoms with E-state index in [1.165, 1.54) is 12.8 Å². The number of halogens is 1. The second-order valence-corrected chi connectivity index (χ2v) is 14.1. The summed E-state index contributed by atoms with van der Waals surface area (Å²) in [5.74, 6) is 0.276. The van der Waals surface area contributed by atoms with Gasteiger partial charge < -0.3 is 14.6 Å². The van der Waals surface area contributed by atoms with E-state index in [-0.39, 0.29) is 48.1 Å². The van der Waals surface area contributed by atoms with Crippen LogP contribution in [-0.2, 0) is 14.1 Å². The van der Waals surface area contributed by atoms with Crippen LogP contribution >= 0.6 is 18.7 Å². The van der Waals surface area contributed by atoms with E-state index in [1.807, 2.05) is 13.3 Å². The van der Waals surface area contributed by atoms with Gasteiger partial charge in [-0.2, -0.15) is 0 Å². The minimum absolute atomic E-state index is 0.0100. The van der Waals surface area contributed by atoms with Crippen LogP contribution in [0, 0.1) is 5.92 Å². The maximum absolute atomic E-state index is 12.9. The molecule has 0 bridgehead atoms. The van der Waals surface area contributed by atoms with Crippen LogP contribution < -0.4 is 26.6 Å². The van der Waals surface area contributed by atoms with E-state index in [1.54, 1.807) is 7.11 Å². The molecule has 1 amide bonds. The van der Waals surface area contributed by atoms with E-state index >= 15 is 0 Å². The number of carbonyl (C=O) groups is 1. The summed E-state index contributed by atoms with van der Waals surface area (Å²) < 4.78 is 18.6. The van der Waals surface area contributed by atoms with Gasteiger partial charge in [-0.3, -0.25) is 26.1 Å². The Kier molecular flexibility index (Phi) is 9.87. The predicted molar refractivity (Wildman–Crippen MR) is 131 cm³/mol. The number of amides is 1. The van der Waals surface area contributed by atoms with Gasteiger partial charge in [0.15, 0.2) is 0 Å². The summed E-state index contributed by atoms with van der Waals surface area (Å²) in [4.78, 5) is 11.7. The van der Waals surface area contributed by atoms with Crippen molar-refractivity contribution in [1.29, 1.82) is 0 Å². The molecule has 2 aliphatic carbocycles. The summed E-state index contributed by atoms with van der Waals surface area (Å²) in [6, 6.07) is 0.509. The van der Waals surface area contributed by atoms with Crippen LogP contribution in [0.1, 0.15) is 51.9 Å².